The van der Waals surface area contributed by atoms with Crippen LogP contribution < -0.4 is 5.73 Å². The van der Waals surface area contributed by atoms with Gasteiger partial charge in [-0.2, -0.15) is 11.8 Å². The van der Waals surface area contributed by atoms with Crippen LogP contribution in [0.2, 0.25) is 0 Å². The molecule has 0 fully saturated rings. The Morgan fingerprint density at radius 2 is 2.00 bits per heavy atom. The van der Waals surface area contributed by atoms with Crippen molar-refractivity contribution in [3.8, 4) is 0 Å². The third-order valence-electron chi connectivity index (χ3n) is 1.94. The summed E-state index contributed by atoms with van der Waals surface area (Å²) in [6, 6.07) is 6.45. The van der Waals surface area contributed by atoms with Gasteiger partial charge in [0.2, 0.25) is 0 Å². The van der Waals surface area contributed by atoms with Crippen molar-refractivity contribution in [2.75, 3.05) is 11.5 Å². The second-order valence-electron chi connectivity index (χ2n) is 3.23. The Hall–Kier alpha value is -0.540. The van der Waals surface area contributed by atoms with E-state index in [0.29, 0.717) is 0 Å². The first-order valence-corrected chi connectivity index (χ1v) is 5.98. The Morgan fingerprint density at radius 1 is 1.36 bits per heavy atom. The van der Waals surface area contributed by atoms with Gasteiger partial charge in [-0.1, -0.05) is 19.1 Å². The quantitative estimate of drug-likeness (QED) is 0.761. The zero-order valence-electron chi connectivity index (χ0n) is 8.37. The normalized spacial score (nSPS) is 12.8. The molecular formula is C11H16FNS. The lowest BCUT2D eigenvalue weighted by molar-refractivity contribution is 0.626. The van der Waals surface area contributed by atoms with E-state index in [1.165, 1.54) is 18.6 Å². The van der Waals surface area contributed by atoms with Gasteiger partial charge in [-0.3, -0.25) is 0 Å². The van der Waals surface area contributed by atoms with Crippen LogP contribution in [0.5, 0.6) is 0 Å². The van der Waals surface area contributed by atoms with Crippen molar-refractivity contribution in [1.29, 1.82) is 0 Å². The third-order valence-corrected chi connectivity index (χ3v) is 3.24. The zero-order valence-corrected chi connectivity index (χ0v) is 9.19. The summed E-state index contributed by atoms with van der Waals surface area (Å²) >= 11 is 1.84. The number of halogens is 1. The van der Waals surface area contributed by atoms with Gasteiger partial charge in [-0.25, -0.2) is 4.39 Å². The van der Waals surface area contributed by atoms with Crippen molar-refractivity contribution in [2.24, 2.45) is 5.73 Å². The molecule has 0 aliphatic carbocycles. The third kappa shape index (κ3) is 3.68. The summed E-state index contributed by atoms with van der Waals surface area (Å²) in [5, 5.41) is 0. The maximum atomic E-state index is 12.6. The first kappa shape index (κ1) is 11.5. The van der Waals surface area contributed by atoms with E-state index < -0.39 is 0 Å². The van der Waals surface area contributed by atoms with Gasteiger partial charge in [-0.05, 0) is 29.9 Å². The predicted molar refractivity (Wildman–Crippen MR) is 60.9 cm³/mol. The van der Waals surface area contributed by atoms with Crippen molar-refractivity contribution in [3.05, 3.63) is 35.6 Å². The van der Waals surface area contributed by atoms with E-state index in [2.05, 4.69) is 6.92 Å². The second kappa shape index (κ2) is 6.04. The van der Waals surface area contributed by atoms with Crippen LogP contribution in [0, 0.1) is 5.82 Å². The minimum atomic E-state index is -0.206. The highest BCUT2D eigenvalue weighted by molar-refractivity contribution is 7.99. The minimum absolute atomic E-state index is 0.0205. The van der Waals surface area contributed by atoms with Crippen LogP contribution in [0.3, 0.4) is 0 Å². The highest BCUT2D eigenvalue weighted by Gasteiger charge is 2.05. The molecule has 0 heterocycles. The number of thioether (sulfide) groups is 1. The summed E-state index contributed by atoms with van der Waals surface area (Å²) in [7, 11) is 0. The molecule has 0 amide bonds. The molecule has 3 heteroatoms. The Kier molecular flexibility index (Phi) is 4.98. The fourth-order valence-corrected chi connectivity index (χ4v) is 2.06. The van der Waals surface area contributed by atoms with Crippen LogP contribution in [0.1, 0.15) is 24.9 Å². The Labute approximate surface area is 88.9 Å². The molecule has 0 aliphatic heterocycles. The van der Waals surface area contributed by atoms with E-state index in [1.807, 2.05) is 11.8 Å². The average molecular weight is 213 g/mol. The number of hydrogen-bond acceptors (Lipinski definition) is 2. The fraction of sp³-hybridized carbons (Fsp3) is 0.455. The summed E-state index contributed by atoms with van der Waals surface area (Å²) < 4.78 is 12.6. The molecule has 0 spiro atoms. The van der Waals surface area contributed by atoms with Crippen LogP contribution in [-0.4, -0.2) is 11.5 Å². The van der Waals surface area contributed by atoms with E-state index in [1.54, 1.807) is 12.1 Å². The molecule has 0 saturated heterocycles. The van der Waals surface area contributed by atoms with Gasteiger partial charge in [-0.15, -0.1) is 0 Å². The highest BCUT2D eigenvalue weighted by atomic mass is 32.2. The molecule has 1 aromatic carbocycles. The van der Waals surface area contributed by atoms with Crippen LogP contribution >= 0.6 is 11.8 Å². The molecule has 1 aromatic rings. The molecule has 1 unspecified atom stereocenters. The number of hydrogen-bond donors (Lipinski definition) is 1. The molecule has 0 aliphatic rings. The summed E-state index contributed by atoms with van der Waals surface area (Å²) in [4.78, 5) is 0. The summed E-state index contributed by atoms with van der Waals surface area (Å²) in [5.74, 6) is 1.83. The van der Waals surface area contributed by atoms with Crippen molar-refractivity contribution in [2.45, 2.75) is 19.4 Å². The number of benzene rings is 1. The van der Waals surface area contributed by atoms with Crippen molar-refractivity contribution < 1.29 is 4.39 Å². The van der Waals surface area contributed by atoms with Crippen LogP contribution in [0.15, 0.2) is 24.3 Å². The lowest BCUT2D eigenvalue weighted by atomic mass is 10.1. The maximum Gasteiger partial charge on any atom is 0.123 e. The molecule has 0 radical (unpaired) electrons. The van der Waals surface area contributed by atoms with Gasteiger partial charge in [0.05, 0.1) is 0 Å². The fourth-order valence-electron chi connectivity index (χ4n) is 1.16. The molecule has 78 valence electrons. The van der Waals surface area contributed by atoms with E-state index in [0.717, 1.165) is 17.1 Å². The standard InChI is InChI=1S/C11H16FNS/c1-2-7-14-8-11(13)9-3-5-10(12)6-4-9/h3-6,11H,2,7-8,13H2,1H3. The summed E-state index contributed by atoms with van der Waals surface area (Å²) in [6.45, 7) is 2.15. The monoisotopic (exact) mass is 213 g/mol. The van der Waals surface area contributed by atoms with Gasteiger partial charge in [0.25, 0.3) is 0 Å². The Bertz CT molecular complexity index is 260. The minimum Gasteiger partial charge on any atom is -0.323 e. The molecule has 0 bridgehead atoms. The van der Waals surface area contributed by atoms with Crippen LogP contribution in [-0.2, 0) is 0 Å². The van der Waals surface area contributed by atoms with Gasteiger partial charge in [0.15, 0.2) is 0 Å². The SMILES string of the molecule is CCCSCC(N)c1ccc(F)cc1. The van der Waals surface area contributed by atoms with Crippen molar-refractivity contribution in [1.82, 2.24) is 0 Å². The topological polar surface area (TPSA) is 26.0 Å². The van der Waals surface area contributed by atoms with Crippen LogP contribution in [0.4, 0.5) is 4.39 Å². The van der Waals surface area contributed by atoms with Crippen molar-refractivity contribution >= 4 is 11.8 Å². The van der Waals surface area contributed by atoms with Crippen molar-refractivity contribution in [3.63, 3.8) is 0 Å². The Morgan fingerprint density at radius 3 is 2.57 bits per heavy atom. The second-order valence-corrected chi connectivity index (χ2v) is 4.38. The summed E-state index contributed by atoms with van der Waals surface area (Å²) in [6.07, 6.45) is 1.17. The number of rotatable bonds is 5. The van der Waals surface area contributed by atoms with Gasteiger partial charge < -0.3 is 5.73 Å². The smallest absolute Gasteiger partial charge is 0.123 e. The molecule has 1 rings (SSSR count). The van der Waals surface area contributed by atoms with Gasteiger partial charge in [0.1, 0.15) is 5.82 Å². The van der Waals surface area contributed by atoms with Gasteiger partial charge in [0, 0.05) is 11.8 Å². The molecule has 0 saturated carbocycles. The average Bonchev–Trinajstić information content (AvgIpc) is 2.19. The molecule has 0 aromatic heterocycles. The lowest BCUT2D eigenvalue weighted by Crippen LogP contribution is -2.13. The van der Waals surface area contributed by atoms with E-state index in [4.69, 9.17) is 5.73 Å². The Balaban J connectivity index is 2.43. The van der Waals surface area contributed by atoms with E-state index in [9.17, 15) is 4.39 Å². The van der Waals surface area contributed by atoms with Crippen LogP contribution in [0.25, 0.3) is 0 Å². The maximum absolute atomic E-state index is 12.6. The summed E-state index contributed by atoms with van der Waals surface area (Å²) in [5.41, 5.74) is 6.95. The molecule has 2 N–H and O–H groups in total. The molecule has 1 atom stereocenters. The molecule has 14 heavy (non-hydrogen) atoms. The molecular weight excluding hydrogens is 197 g/mol. The predicted octanol–water partition coefficient (Wildman–Crippen LogP) is 2.97. The highest BCUT2D eigenvalue weighted by Crippen LogP contribution is 2.16. The lowest BCUT2D eigenvalue weighted by Gasteiger charge is -2.10. The zero-order chi connectivity index (χ0) is 10.4. The van der Waals surface area contributed by atoms with Gasteiger partial charge >= 0.3 is 0 Å². The van der Waals surface area contributed by atoms with E-state index in [-0.39, 0.29) is 11.9 Å². The number of nitrogens with two attached hydrogens (primary N) is 1. The largest absolute Gasteiger partial charge is 0.323 e. The first-order chi connectivity index (χ1) is 6.74. The first-order valence-electron chi connectivity index (χ1n) is 4.83. The van der Waals surface area contributed by atoms with E-state index >= 15 is 0 Å². The molecule has 1 nitrogen and oxygen atoms in total.